The van der Waals surface area contributed by atoms with E-state index >= 15 is 0 Å². The predicted octanol–water partition coefficient (Wildman–Crippen LogP) is 3.44. The highest BCUT2D eigenvalue weighted by Gasteiger charge is 2.19. The van der Waals surface area contributed by atoms with Crippen molar-refractivity contribution in [1.82, 2.24) is 14.9 Å². The van der Waals surface area contributed by atoms with Gasteiger partial charge in [0.25, 0.3) is 10.0 Å². The average molecular weight is 565 g/mol. The van der Waals surface area contributed by atoms with Crippen molar-refractivity contribution in [2.24, 2.45) is 4.99 Å². The summed E-state index contributed by atoms with van der Waals surface area (Å²) in [7, 11) is -0.352. The fourth-order valence-corrected chi connectivity index (χ4v) is 4.84. The third-order valence-electron chi connectivity index (χ3n) is 3.88. The lowest BCUT2D eigenvalue weighted by atomic mass is 10.2. The lowest BCUT2D eigenvalue weighted by molar-refractivity contribution is 0.359. The molecule has 166 valence electrons. The van der Waals surface area contributed by atoms with E-state index in [-0.39, 0.29) is 24.0 Å². The Kier molecular flexibility index (Phi) is 11.4. The zero-order chi connectivity index (χ0) is 21.3. The lowest BCUT2D eigenvalue weighted by Gasteiger charge is -2.12. The standard InChI is InChI=1S/C20H28N4O3S2.HI/c1-5-13-27-18-10-8-7-9-16(18)14-22-20(21-6-2)23-15-17-11-12-19(28-17)29(25,26)24(3)4;/h5,7-12H,1,6,13-15H2,2-4H3,(H2,21,22,23);1H. The Labute approximate surface area is 200 Å². The summed E-state index contributed by atoms with van der Waals surface area (Å²) >= 11 is 1.25. The first kappa shape index (κ1) is 26.4. The molecule has 0 unspecified atom stereocenters. The first-order chi connectivity index (χ1) is 13.9. The molecule has 1 aromatic carbocycles. The maximum absolute atomic E-state index is 12.2. The SMILES string of the molecule is C=CCOc1ccccc1CN=C(NCC)NCc1ccc(S(=O)(=O)N(C)C)s1.I. The van der Waals surface area contributed by atoms with Crippen LogP contribution >= 0.6 is 35.3 Å². The number of sulfonamides is 1. The van der Waals surface area contributed by atoms with Gasteiger partial charge in [0.15, 0.2) is 5.96 Å². The topological polar surface area (TPSA) is 83.0 Å². The summed E-state index contributed by atoms with van der Waals surface area (Å²) in [6, 6.07) is 11.2. The summed E-state index contributed by atoms with van der Waals surface area (Å²) < 4.78 is 31.6. The van der Waals surface area contributed by atoms with E-state index in [1.807, 2.05) is 37.3 Å². The fraction of sp³-hybridized carbons (Fsp3) is 0.350. The van der Waals surface area contributed by atoms with Crippen LogP contribution in [0.3, 0.4) is 0 Å². The molecule has 2 N–H and O–H groups in total. The number of halogens is 1. The average Bonchev–Trinajstić information content (AvgIpc) is 3.19. The van der Waals surface area contributed by atoms with Gasteiger partial charge in [-0.25, -0.2) is 17.7 Å². The lowest BCUT2D eigenvalue weighted by Crippen LogP contribution is -2.36. The highest BCUT2D eigenvalue weighted by atomic mass is 127. The Hall–Kier alpha value is -1.63. The Morgan fingerprint density at radius 2 is 1.97 bits per heavy atom. The monoisotopic (exact) mass is 564 g/mol. The number of guanidine groups is 1. The van der Waals surface area contributed by atoms with E-state index in [0.717, 1.165) is 16.2 Å². The van der Waals surface area contributed by atoms with E-state index in [1.54, 1.807) is 12.1 Å². The molecule has 0 spiro atoms. The molecule has 0 atom stereocenters. The smallest absolute Gasteiger partial charge is 0.252 e. The van der Waals surface area contributed by atoms with Crippen molar-refractivity contribution in [2.75, 3.05) is 27.2 Å². The number of nitrogens with one attached hydrogen (secondary N) is 2. The zero-order valence-corrected chi connectivity index (χ0v) is 21.4. The highest BCUT2D eigenvalue weighted by molar-refractivity contribution is 14.0. The molecule has 0 saturated carbocycles. The number of benzene rings is 1. The first-order valence-electron chi connectivity index (χ1n) is 9.23. The number of hydrogen-bond donors (Lipinski definition) is 2. The maximum Gasteiger partial charge on any atom is 0.252 e. The third kappa shape index (κ3) is 7.56. The van der Waals surface area contributed by atoms with Crippen LogP contribution in [0.5, 0.6) is 5.75 Å². The van der Waals surface area contributed by atoms with Crippen LogP contribution < -0.4 is 15.4 Å². The minimum atomic E-state index is -3.41. The molecule has 0 aliphatic carbocycles. The van der Waals surface area contributed by atoms with E-state index < -0.39 is 10.0 Å². The maximum atomic E-state index is 12.2. The summed E-state index contributed by atoms with van der Waals surface area (Å²) in [6.07, 6.45) is 1.71. The van der Waals surface area contributed by atoms with Crippen molar-refractivity contribution in [1.29, 1.82) is 0 Å². The van der Waals surface area contributed by atoms with Crippen LogP contribution in [0.4, 0.5) is 0 Å². The van der Waals surface area contributed by atoms with Crippen molar-refractivity contribution in [3.8, 4) is 5.75 Å². The zero-order valence-electron chi connectivity index (χ0n) is 17.4. The fourth-order valence-electron chi connectivity index (χ4n) is 2.37. The number of aliphatic imine (C=N–C) groups is 1. The molecule has 7 nitrogen and oxygen atoms in total. The molecular formula is C20H29IN4O3S2. The van der Waals surface area contributed by atoms with Crippen LogP contribution in [-0.4, -0.2) is 45.9 Å². The molecule has 0 radical (unpaired) electrons. The van der Waals surface area contributed by atoms with Crippen LogP contribution in [0.2, 0.25) is 0 Å². The Morgan fingerprint density at radius 1 is 1.23 bits per heavy atom. The Balaban J connectivity index is 0.00000450. The number of para-hydroxylation sites is 1. The number of rotatable bonds is 10. The van der Waals surface area contributed by atoms with Gasteiger partial charge in [-0.1, -0.05) is 30.9 Å². The second-order valence-electron chi connectivity index (χ2n) is 6.26. The molecule has 0 saturated heterocycles. The van der Waals surface area contributed by atoms with Gasteiger partial charge in [-0.2, -0.15) is 0 Å². The van der Waals surface area contributed by atoms with Crippen LogP contribution in [0.25, 0.3) is 0 Å². The molecule has 2 rings (SSSR count). The molecule has 30 heavy (non-hydrogen) atoms. The number of thiophene rings is 1. The van der Waals surface area contributed by atoms with Gasteiger partial charge in [0.1, 0.15) is 16.6 Å². The molecule has 0 amide bonds. The molecule has 0 aliphatic rings. The molecule has 0 bridgehead atoms. The van der Waals surface area contributed by atoms with E-state index in [9.17, 15) is 8.42 Å². The van der Waals surface area contributed by atoms with Gasteiger partial charge >= 0.3 is 0 Å². The quantitative estimate of drug-likeness (QED) is 0.200. The molecule has 1 aromatic heterocycles. The van der Waals surface area contributed by atoms with Gasteiger partial charge in [0.2, 0.25) is 0 Å². The molecule has 1 heterocycles. The Bertz CT molecular complexity index is 943. The summed E-state index contributed by atoms with van der Waals surface area (Å²) in [5, 5.41) is 6.45. The van der Waals surface area contributed by atoms with Crippen molar-refractivity contribution in [3.63, 3.8) is 0 Å². The largest absolute Gasteiger partial charge is 0.489 e. The van der Waals surface area contributed by atoms with Gasteiger partial charge in [0, 0.05) is 31.1 Å². The Morgan fingerprint density at radius 3 is 2.63 bits per heavy atom. The number of ether oxygens (including phenoxy) is 1. The molecular weight excluding hydrogens is 535 g/mol. The van der Waals surface area contributed by atoms with Crippen molar-refractivity contribution in [2.45, 2.75) is 24.2 Å². The van der Waals surface area contributed by atoms with Crippen LogP contribution in [0.15, 0.2) is 58.3 Å². The predicted molar refractivity (Wildman–Crippen MR) is 134 cm³/mol. The molecule has 2 aromatic rings. The third-order valence-corrected chi connectivity index (χ3v) is 7.25. The molecule has 0 aliphatic heterocycles. The van der Waals surface area contributed by atoms with Crippen molar-refractivity contribution < 1.29 is 13.2 Å². The van der Waals surface area contributed by atoms with E-state index in [1.165, 1.54) is 29.7 Å². The van der Waals surface area contributed by atoms with Crippen LogP contribution in [0.1, 0.15) is 17.4 Å². The number of nitrogens with zero attached hydrogens (tertiary/aromatic N) is 2. The summed E-state index contributed by atoms with van der Waals surface area (Å²) in [5.74, 6) is 1.43. The van der Waals surface area contributed by atoms with Gasteiger partial charge in [-0.05, 0) is 25.1 Å². The van der Waals surface area contributed by atoms with Gasteiger partial charge < -0.3 is 15.4 Å². The number of hydrogen-bond acceptors (Lipinski definition) is 5. The van der Waals surface area contributed by atoms with Crippen molar-refractivity contribution >= 4 is 51.3 Å². The first-order valence-corrected chi connectivity index (χ1v) is 11.5. The minimum absolute atomic E-state index is 0. The second kappa shape index (κ2) is 12.9. The van der Waals surface area contributed by atoms with Gasteiger partial charge in [-0.15, -0.1) is 35.3 Å². The van der Waals surface area contributed by atoms with E-state index in [2.05, 4.69) is 22.2 Å². The summed E-state index contributed by atoms with van der Waals surface area (Å²) in [5.41, 5.74) is 0.974. The minimum Gasteiger partial charge on any atom is -0.489 e. The summed E-state index contributed by atoms with van der Waals surface area (Å²) in [6.45, 7) is 7.75. The second-order valence-corrected chi connectivity index (χ2v) is 9.81. The van der Waals surface area contributed by atoms with Gasteiger partial charge in [0.05, 0.1) is 13.1 Å². The van der Waals surface area contributed by atoms with E-state index in [0.29, 0.717) is 36.4 Å². The van der Waals surface area contributed by atoms with E-state index in [4.69, 9.17) is 4.74 Å². The molecule has 10 heteroatoms. The van der Waals surface area contributed by atoms with Crippen LogP contribution in [0, 0.1) is 0 Å². The van der Waals surface area contributed by atoms with Crippen LogP contribution in [-0.2, 0) is 23.1 Å². The summed E-state index contributed by atoms with van der Waals surface area (Å²) in [4.78, 5) is 5.53. The highest BCUT2D eigenvalue weighted by Crippen LogP contribution is 2.23. The van der Waals surface area contributed by atoms with Gasteiger partial charge in [-0.3, -0.25) is 0 Å². The normalized spacial score (nSPS) is 11.7. The molecule has 0 fully saturated rings. The van der Waals surface area contributed by atoms with Crippen molar-refractivity contribution in [3.05, 3.63) is 59.5 Å².